The first-order valence-corrected chi connectivity index (χ1v) is 10.8. The van der Waals surface area contributed by atoms with E-state index in [0.717, 1.165) is 5.56 Å². The van der Waals surface area contributed by atoms with Crippen molar-refractivity contribution in [3.63, 3.8) is 0 Å². The van der Waals surface area contributed by atoms with Gasteiger partial charge in [-0.15, -0.1) is 0 Å². The number of carbonyl (C=O) groups excluding carboxylic acids is 5. The van der Waals surface area contributed by atoms with Gasteiger partial charge >= 0.3 is 0 Å². The van der Waals surface area contributed by atoms with Crippen LogP contribution in [0, 0.1) is 11.8 Å². The molecule has 2 rings (SSSR count). The van der Waals surface area contributed by atoms with Crippen LogP contribution in [0.1, 0.15) is 39.2 Å². The summed E-state index contributed by atoms with van der Waals surface area (Å²) in [4.78, 5) is 60.4. The van der Waals surface area contributed by atoms with E-state index in [1.807, 2.05) is 13.8 Å². The summed E-state index contributed by atoms with van der Waals surface area (Å²) in [6.07, 6.45) is -1.66. The quantitative estimate of drug-likeness (QED) is 0.300. The first-order chi connectivity index (χ1) is 15.5. The molecule has 0 spiro atoms. The zero-order valence-corrected chi connectivity index (χ0v) is 19.0. The summed E-state index contributed by atoms with van der Waals surface area (Å²) >= 11 is 0. The molecule has 10 nitrogen and oxygen atoms in total. The summed E-state index contributed by atoms with van der Waals surface area (Å²) in [7, 11) is 0. The summed E-state index contributed by atoms with van der Waals surface area (Å²) in [6.45, 7) is 4.94. The summed E-state index contributed by atoms with van der Waals surface area (Å²) in [5.74, 6) is -3.03. The van der Waals surface area contributed by atoms with Gasteiger partial charge in [0.25, 0.3) is 11.8 Å². The lowest BCUT2D eigenvalue weighted by molar-refractivity contribution is -0.131. The first-order valence-electron chi connectivity index (χ1n) is 10.8. The maximum Gasteiger partial charge on any atom is 0.253 e. The van der Waals surface area contributed by atoms with Crippen molar-refractivity contribution in [1.29, 1.82) is 0 Å². The highest BCUT2D eigenvalue weighted by molar-refractivity contribution is 5.98. The Kier molecular flexibility index (Phi) is 9.10. The van der Waals surface area contributed by atoms with Crippen molar-refractivity contribution in [2.75, 3.05) is 6.54 Å². The zero-order chi connectivity index (χ0) is 24.7. The van der Waals surface area contributed by atoms with Crippen LogP contribution in [0.4, 0.5) is 0 Å². The average Bonchev–Trinajstić information content (AvgIpc) is 3.53. The van der Waals surface area contributed by atoms with Gasteiger partial charge in [-0.25, -0.2) is 0 Å². The van der Waals surface area contributed by atoms with Gasteiger partial charge in [-0.05, 0) is 43.4 Å². The molecule has 0 saturated carbocycles. The second kappa shape index (κ2) is 11.6. The fraction of sp³-hybridized carbons (Fsp3) is 0.522. The maximum absolute atomic E-state index is 13.0. The summed E-state index contributed by atoms with van der Waals surface area (Å²) < 4.78 is 5.13. The predicted molar refractivity (Wildman–Crippen MR) is 118 cm³/mol. The minimum absolute atomic E-state index is 0.0677. The van der Waals surface area contributed by atoms with E-state index in [2.05, 4.69) is 10.6 Å². The number of carbonyl (C=O) groups is 5. The van der Waals surface area contributed by atoms with Crippen molar-refractivity contribution >= 4 is 29.3 Å². The molecular weight excluding hydrogens is 430 g/mol. The third-order valence-electron chi connectivity index (χ3n) is 5.20. The number of phenolic OH excluding ortho intramolecular Hbond substituents is 1. The monoisotopic (exact) mass is 461 g/mol. The molecule has 1 aliphatic rings. The Morgan fingerprint density at radius 1 is 1.06 bits per heavy atom. The van der Waals surface area contributed by atoms with Gasteiger partial charge in [-0.2, -0.15) is 0 Å². The van der Waals surface area contributed by atoms with Gasteiger partial charge in [-0.3, -0.25) is 24.0 Å². The highest BCUT2D eigenvalue weighted by atomic mass is 16.6. The number of nitrogens with one attached hydrogen (secondary N) is 2. The molecule has 0 radical (unpaired) electrons. The molecule has 180 valence electrons. The fourth-order valence-electron chi connectivity index (χ4n) is 3.39. The van der Waals surface area contributed by atoms with Gasteiger partial charge in [0.2, 0.25) is 5.91 Å². The number of hydrogen-bond donors (Lipinski definition) is 4. The summed E-state index contributed by atoms with van der Waals surface area (Å²) in [5.41, 5.74) is 6.24. The molecule has 33 heavy (non-hydrogen) atoms. The number of nitrogens with two attached hydrogens (primary N) is 1. The Balaban J connectivity index is 1.99. The standard InChI is InChI=1S/C23H31N3O7/c1-12(2)8-17(26-23(32)20-19(33-20)22(31)25-11-13(3)27)18(29)10-15(21(24)30)9-14-4-6-16(28)7-5-14/h4-7,12,15,17,19-20,28H,8-11H2,1-3H3,(H2,24,30)(H,25,31)(H,26,32)/t15-,17+,19-,20?/m1/s1. The van der Waals surface area contributed by atoms with E-state index >= 15 is 0 Å². The number of Topliss-reactive ketones (excluding diaryl/α,β-unsaturated/α-hetero) is 2. The van der Waals surface area contributed by atoms with E-state index in [1.54, 1.807) is 12.1 Å². The third-order valence-corrected chi connectivity index (χ3v) is 5.20. The highest BCUT2D eigenvalue weighted by Crippen LogP contribution is 2.24. The molecule has 10 heteroatoms. The van der Waals surface area contributed by atoms with Crippen LogP contribution in [0.25, 0.3) is 0 Å². The fourth-order valence-corrected chi connectivity index (χ4v) is 3.39. The van der Waals surface area contributed by atoms with Crippen molar-refractivity contribution < 1.29 is 33.8 Å². The number of hydrogen-bond acceptors (Lipinski definition) is 7. The van der Waals surface area contributed by atoms with E-state index < -0.39 is 41.9 Å². The number of phenols is 1. The molecule has 0 bridgehead atoms. The molecule has 1 saturated heterocycles. The first kappa shape index (κ1) is 26.0. The molecule has 1 heterocycles. The minimum Gasteiger partial charge on any atom is -0.508 e. The van der Waals surface area contributed by atoms with E-state index in [9.17, 15) is 29.1 Å². The van der Waals surface area contributed by atoms with Crippen molar-refractivity contribution in [2.45, 2.75) is 58.3 Å². The summed E-state index contributed by atoms with van der Waals surface area (Å²) in [6, 6.07) is 5.38. The lowest BCUT2D eigenvalue weighted by atomic mass is 9.89. The number of ether oxygens (including phenoxy) is 1. The highest BCUT2D eigenvalue weighted by Gasteiger charge is 2.51. The van der Waals surface area contributed by atoms with Crippen molar-refractivity contribution in [1.82, 2.24) is 10.6 Å². The van der Waals surface area contributed by atoms with Crippen molar-refractivity contribution in [3.05, 3.63) is 29.8 Å². The van der Waals surface area contributed by atoms with Crippen LogP contribution in [0.3, 0.4) is 0 Å². The summed E-state index contributed by atoms with van der Waals surface area (Å²) in [5, 5.41) is 14.4. The number of epoxide rings is 1. The lowest BCUT2D eigenvalue weighted by Crippen LogP contribution is -2.46. The van der Waals surface area contributed by atoms with E-state index in [0.29, 0.717) is 6.42 Å². The molecule has 3 amide bonds. The Morgan fingerprint density at radius 2 is 1.67 bits per heavy atom. The molecule has 1 fully saturated rings. The second-order valence-corrected chi connectivity index (χ2v) is 8.73. The van der Waals surface area contributed by atoms with Gasteiger partial charge in [-0.1, -0.05) is 26.0 Å². The number of aromatic hydroxyl groups is 1. The normalized spacial score (nSPS) is 18.8. The van der Waals surface area contributed by atoms with Gasteiger partial charge in [0.05, 0.1) is 12.6 Å². The number of amides is 3. The molecule has 1 unspecified atom stereocenters. The number of benzene rings is 1. The SMILES string of the molecule is CC(=O)CNC(=O)[C@@H]1OC1C(=O)N[C@@H](CC(C)C)C(=O)C[C@@H](Cc1ccc(O)cc1)C(N)=O. The second-order valence-electron chi connectivity index (χ2n) is 8.73. The Bertz CT molecular complexity index is 898. The number of ketones is 2. The van der Waals surface area contributed by atoms with Crippen molar-refractivity contribution in [2.24, 2.45) is 17.6 Å². The Hall–Kier alpha value is -3.27. The third kappa shape index (κ3) is 8.30. The lowest BCUT2D eigenvalue weighted by Gasteiger charge is -2.21. The van der Waals surface area contributed by atoms with E-state index in [-0.39, 0.29) is 42.6 Å². The van der Waals surface area contributed by atoms with Crippen LogP contribution in [0.15, 0.2) is 24.3 Å². The number of rotatable bonds is 13. The molecule has 4 atom stereocenters. The molecule has 1 aromatic rings. The Morgan fingerprint density at radius 3 is 2.21 bits per heavy atom. The predicted octanol–water partition coefficient (Wildman–Crippen LogP) is -0.00110. The van der Waals surface area contributed by atoms with Crippen LogP contribution in [0.5, 0.6) is 5.75 Å². The van der Waals surface area contributed by atoms with E-state index in [1.165, 1.54) is 19.1 Å². The molecule has 1 aromatic carbocycles. The smallest absolute Gasteiger partial charge is 0.253 e. The van der Waals surface area contributed by atoms with Gasteiger partial charge in [0, 0.05) is 12.3 Å². The maximum atomic E-state index is 13.0. The largest absolute Gasteiger partial charge is 0.508 e. The van der Waals surface area contributed by atoms with Gasteiger partial charge in [0.1, 0.15) is 11.5 Å². The topological polar surface area (TPSA) is 168 Å². The molecule has 0 aromatic heterocycles. The van der Waals surface area contributed by atoms with Crippen LogP contribution in [-0.4, -0.2) is 59.2 Å². The minimum atomic E-state index is -1.04. The Labute approximate surface area is 192 Å². The average molecular weight is 462 g/mol. The molecule has 0 aliphatic carbocycles. The van der Waals surface area contributed by atoms with E-state index in [4.69, 9.17) is 10.5 Å². The van der Waals surface area contributed by atoms with Crippen LogP contribution in [-0.2, 0) is 35.1 Å². The molecule has 1 aliphatic heterocycles. The molecule has 5 N–H and O–H groups in total. The van der Waals surface area contributed by atoms with Crippen LogP contribution in [0.2, 0.25) is 0 Å². The zero-order valence-electron chi connectivity index (χ0n) is 19.0. The van der Waals surface area contributed by atoms with Gasteiger partial charge in [0.15, 0.2) is 18.0 Å². The van der Waals surface area contributed by atoms with Crippen LogP contribution < -0.4 is 16.4 Å². The van der Waals surface area contributed by atoms with Crippen molar-refractivity contribution in [3.8, 4) is 5.75 Å². The van der Waals surface area contributed by atoms with Crippen LogP contribution >= 0.6 is 0 Å². The molecular formula is C23H31N3O7. The number of primary amides is 1. The van der Waals surface area contributed by atoms with Gasteiger partial charge < -0.3 is 26.2 Å².